The molecule has 100 valence electrons. The number of hydrogen-bond acceptors (Lipinski definition) is 2. The van der Waals surface area contributed by atoms with Crippen molar-refractivity contribution in [1.29, 1.82) is 0 Å². The first kappa shape index (κ1) is 13.2. The van der Waals surface area contributed by atoms with Gasteiger partial charge in [0.1, 0.15) is 6.23 Å². The van der Waals surface area contributed by atoms with Crippen molar-refractivity contribution >= 4 is 0 Å². The van der Waals surface area contributed by atoms with Gasteiger partial charge < -0.3 is 5.11 Å². The molecule has 2 aliphatic rings. The van der Waals surface area contributed by atoms with Crippen LogP contribution in [0.5, 0.6) is 0 Å². The molecule has 2 nitrogen and oxygen atoms in total. The minimum atomic E-state index is -2.85. The molecule has 0 aromatic rings. The molecule has 0 bridgehead atoms. The SMILES string of the molecule is CC(C)(C)N1CC2C(C)(C)C2(C(C)(F)F)C1O. The van der Waals surface area contributed by atoms with Gasteiger partial charge in [-0.2, -0.15) is 0 Å². The van der Waals surface area contributed by atoms with Gasteiger partial charge in [0.05, 0.1) is 5.41 Å². The highest BCUT2D eigenvalue weighted by Crippen LogP contribution is 2.79. The molecule has 0 aromatic heterocycles. The number of aliphatic hydroxyl groups is 1. The molecule has 2 fully saturated rings. The summed E-state index contributed by atoms with van der Waals surface area (Å²) in [6.45, 7) is 11.1. The van der Waals surface area contributed by atoms with Crippen LogP contribution in [0.15, 0.2) is 0 Å². The number of fused-ring (bicyclic) bond motifs is 1. The van der Waals surface area contributed by atoms with Crippen molar-refractivity contribution in [3.63, 3.8) is 0 Å². The maximum atomic E-state index is 14.0. The third kappa shape index (κ3) is 1.31. The number of piperidine rings is 1. The molecule has 0 radical (unpaired) electrons. The van der Waals surface area contributed by atoms with Gasteiger partial charge in [-0.1, -0.05) is 13.8 Å². The van der Waals surface area contributed by atoms with E-state index in [-0.39, 0.29) is 11.5 Å². The van der Waals surface area contributed by atoms with E-state index in [4.69, 9.17) is 0 Å². The number of likely N-dealkylation sites (tertiary alicyclic amines) is 1. The molecule has 1 saturated heterocycles. The van der Waals surface area contributed by atoms with Crippen LogP contribution < -0.4 is 0 Å². The predicted octanol–water partition coefficient (Wildman–Crippen LogP) is 2.72. The lowest BCUT2D eigenvalue weighted by Crippen LogP contribution is -2.53. The Kier molecular flexibility index (Phi) is 2.35. The molecule has 1 aliphatic carbocycles. The summed E-state index contributed by atoms with van der Waals surface area (Å²) in [5.74, 6) is -2.97. The van der Waals surface area contributed by atoms with Gasteiger partial charge in [0.25, 0.3) is 5.92 Å². The van der Waals surface area contributed by atoms with Crippen LogP contribution in [0.4, 0.5) is 8.78 Å². The summed E-state index contributed by atoms with van der Waals surface area (Å²) in [4.78, 5) is 1.81. The summed E-state index contributed by atoms with van der Waals surface area (Å²) >= 11 is 0. The fraction of sp³-hybridized carbons (Fsp3) is 1.00. The van der Waals surface area contributed by atoms with E-state index in [0.717, 1.165) is 6.92 Å². The van der Waals surface area contributed by atoms with Crippen LogP contribution in [-0.4, -0.2) is 34.2 Å². The first-order chi connectivity index (χ1) is 7.38. The lowest BCUT2D eigenvalue weighted by Gasteiger charge is -2.42. The summed E-state index contributed by atoms with van der Waals surface area (Å²) in [6, 6.07) is 0. The molecule has 1 saturated carbocycles. The molecule has 4 heteroatoms. The monoisotopic (exact) mass is 247 g/mol. The zero-order chi connectivity index (χ0) is 13.4. The molecule has 0 spiro atoms. The molecule has 2 rings (SSSR count). The maximum absolute atomic E-state index is 14.0. The number of halogens is 2. The Morgan fingerprint density at radius 2 is 1.65 bits per heavy atom. The first-order valence-electron chi connectivity index (χ1n) is 6.21. The Bertz CT molecular complexity index is 330. The normalized spacial score (nSPS) is 41.5. The van der Waals surface area contributed by atoms with Gasteiger partial charge in [0, 0.05) is 19.0 Å². The molecular formula is C13H23F2NO. The topological polar surface area (TPSA) is 23.5 Å². The van der Waals surface area contributed by atoms with E-state index in [0.29, 0.717) is 6.54 Å². The molecule has 1 aliphatic heterocycles. The Morgan fingerprint density at radius 1 is 1.18 bits per heavy atom. The average molecular weight is 247 g/mol. The van der Waals surface area contributed by atoms with E-state index in [2.05, 4.69) is 0 Å². The van der Waals surface area contributed by atoms with E-state index < -0.39 is 23.0 Å². The second kappa shape index (κ2) is 3.02. The Morgan fingerprint density at radius 3 is 1.94 bits per heavy atom. The quantitative estimate of drug-likeness (QED) is 0.770. The minimum absolute atomic E-state index is 0.121. The van der Waals surface area contributed by atoms with Crippen molar-refractivity contribution in [2.45, 2.75) is 59.2 Å². The van der Waals surface area contributed by atoms with Crippen molar-refractivity contribution < 1.29 is 13.9 Å². The number of rotatable bonds is 1. The summed E-state index contributed by atoms with van der Waals surface area (Å²) < 4.78 is 27.9. The Labute approximate surface area is 102 Å². The molecule has 3 unspecified atom stereocenters. The largest absolute Gasteiger partial charge is 0.378 e. The van der Waals surface area contributed by atoms with Crippen molar-refractivity contribution in [3.8, 4) is 0 Å². The van der Waals surface area contributed by atoms with E-state index >= 15 is 0 Å². The first-order valence-corrected chi connectivity index (χ1v) is 6.21. The molecule has 1 N–H and O–H groups in total. The minimum Gasteiger partial charge on any atom is -0.378 e. The highest BCUT2D eigenvalue weighted by molar-refractivity contribution is 5.29. The number of aliphatic hydroxyl groups excluding tert-OH is 1. The average Bonchev–Trinajstić information content (AvgIpc) is 2.42. The third-order valence-corrected chi connectivity index (χ3v) is 5.07. The highest BCUT2D eigenvalue weighted by Gasteiger charge is 2.87. The Balaban J connectivity index is 2.39. The van der Waals surface area contributed by atoms with Gasteiger partial charge in [-0.05, 0) is 32.1 Å². The van der Waals surface area contributed by atoms with Gasteiger partial charge in [-0.25, -0.2) is 8.78 Å². The summed E-state index contributed by atoms with van der Waals surface area (Å²) in [5, 5.41) is 10.4. The van der Waals surface area contributed by atoms with Crippen LogP contribution in [0.25, 0.3) is 0 Å². The molecule has 0 amide bonds. The summed E-state index contributed by atoms with van der Waals surface area (Å²) in [7, 11) is 0. The van der Waals surface area contributed by atoms with Gasteiger partial charge in [0.2, 0.25) is 0 Å². The standard InChI is InChI=1S/C13H23F2NO/c1-10(2,3)16-7-8-11(4,5)13(8,9(16)17)12(6,14)15/h8-9,17H,7H2,1-6H3. The van der Waals surface area contributed by atoms with Crippen LogP contribution in [0.3, 0.4) is 0 Å². The van der Waals surface area contributed by atoms with Crippen molar-refractivity contribution in [2.75, 3.05) is 6.54 Å². The number of hydrogen-bond donors (Lipinski definition) is 1. The van der Waals surface area contributed by atoms with Crippen molar-refractivity contribution in [3.05, 3.63) is 0 Å². The second-order valence-electron chi connectivity index (χ2n) is 7.23. The molecule has 1 heterocycles. The zero-order valence-electron chi connectivity index (χ0n) is 11.5. The van der Waals surface area contributed by atoms with Crippen molar-refractivity contribution in [2.24, 2.45) is 16.7 Å². The fourth-order valence-electron chi connectivity index (χ4n) is 4.07. The second-order valence-corrected chi connectivity index (χ2v) is 7.23. The molecular weight excluding hydrogens is 224 g/mol. The highest BCUT2D eigenvalue weighted by atomic mass is 19.3. The zero-order valence-corrected chi connectivity index (χ0v) is 11.5. The van der Waals surface area contributed by atoms with Gasteiger partial charge in [0.15, 0.2) is 0 Å². The van der Waals surface area contributed by atoms with E-state index in [1.54, 1.807) is 4.90 Å². The van der Waals surface area contributed by atoms with Gasteiger partial charge in [-0.15, -0.1) is 0 Å². The van der Waals surface area contributed by atoms with Gasteiger partial charge >= 0.3 is 0 Å². The lowest BCUT2D eigenvalue weighted by atomic mass is 9.86. The number of alkyl halides is 2. The Hall–Kier alpha value is -0.220. The van der Waals surface area contributed by atoms with E-state index in [9.17, 15) is 13.9 Å². The van der Waals surface area contributed by atoms with Crippen LogP contribution in [0.2, 0.25) is 0 Å². The smallest absolute Gasteiger partial charge is 0.255 e. The molecule has 17 heavy (non-hydrogen) atoms. The van der Waals surface area contributed by atoms with Crippen LogP contribution in [-0.2, 0) is 0 Å². The van der Waals surface area contributed by atoms with Crippen LogP contribution in [0, 0.1) is 16.7 Å². The third-order valence-electron chi connectivity index (χ3n) is 5.07. The fourth-order valence-corrected chi connectivity index (χ4v) is 4.07. The number of nitrogens with zero attached hydrogens (tertiary/aromatic N) is 1. The summed E-state index contributed by atoms with van der Waals surface area (Å²) in [6.07, 6.45) is -1.05. The van der Waals surface area contributed by atoms with Crippen LogP contribution >= 0.6 is 0 Å². The summed E-state index contributed by atoms with van der Waals surface area (Å²) in [5.41, 5.74) is -2.03. The predicted molar refractivity (Wildman–Crippen MR) is 62.8 cm³/mol. The van der Waals surface area contributed by atoms with E-state index in [1.807, 2.05) is 34.6 Å². The van der Waals surface area contributed by atoms with Crippen LogP contribution in [0.1, 0.15) is 41.5 Å². The lowest BCUT2D eigenvalue weighted by molar-refractivity contribution is -0.168. The molecule has 3 atom stereocenters. The van der Waals surface area contributed by atoms with E-state index in [1.165, 1.54) is 0 Å². The molecule has 0 aromatic carbocycles. The maximum Gasteiger partial charge on any atom is 0.255 e. The van der Waals surface area contributed by atoms with Crippen molar-refractivity contribution in [1.82, 2.24) is 4.90 Å². The van der Waals surface area contributed by atoms with Gasteiger partial charge in [-0.3, -0.25) is 4.90 Å².